The maximum Gasteiger partial charge on any atom is 0.277 e. The summed E-state index contributed by atoms with van der Waals surface area (Å²) in [4.78, 5) is 41.0. The van der Waals surface area contributed by atoms with Crippen LogP contribution in [0.5, 0.6) is 0 Å². The first-order chi connectivity index (χ1) is 16.3. The van der Waals surface area contributed by atoms with Gasteiger partial charge in [-0.15, -0.1) is 0 Å². The average Bonchev–Trinajstić information content (AvgIpc) is 3.40. The number of hydrogen-bond donors (Lipinski definition) is 1. The van der Waals surface area contributed by atoms with Gasteiger partial charge < -0.3 is 15.5 Å². The molecule has 1 aromatic heterocycles. The molecule has 2 aromatic carbocycles. The number of carbonyl (C=O) groups excluding carboxylic acids is 3. The quantitative estimate of drug-likeness (QED) is 0.640. The molecule has 0 atom stereocenters. The van der Waals surface area contributed by atoms with E-state index in [9.17, 15) is 23.2 Å². The summed E-state index contributed by atoms with van der Waals surface area (Å²) in [6.07, 6.45) is 1.63. The van der Waals surface area contributed by atoms with Crippen molar-refractivity contribution < 1.29 is 23.2 Å². The smallest absolute Gasteiger partial charge is 0.277 e. The molecule has 10 heteroatoms. The van der Waals surface area contributed by atoms with Crippen LogP contribution in [0.3, 0.4) is 0 Å². The maximum atomic E-state index is 13.9. The number of nitrogens with zero attached hydrogens (tertiary/aromatic N) is 4. The Bertz CT molecular complexity index is 1370. The summed E-state index contributed by atoms with van der Waals surface area (Å²) in [7, 11) is 0. The first kappa shape index (κ1) is 21.7. The number of hydrogen-bond acceptors (Lipinski definition) is 4. The zero-order valence-corrected chi connectivity index (χ0v) is 18.3. The molecule has 0 bridgehead atoms. The minimum atomic E-state index is -1.11. The molecule has 2 aliphatic heterocycles. The third-order valence-corrected chi connectivity index (χ3v) is 6.25. The number of amides is 3. The van der Waals surface area contributed by atoms with Crippen molar-refractivity contribution in [2.45, 2.75) is 26.2 Å². The molecule has 1 fully saturated rings. The second kappa shape index (κ2) is 8.05. The van der Waals surface area contributed by atoms with Gasteiger partial charge >= 0.3 is 0 Å². The predicted molar refractivity (Wildman–Crippen MR) is 120 cm³/mol. The first-order valence-electron chi connectivity index (χ1n) is 10.9. The topological polar surface area (TPSA) is 102 Å². The molecule has 2 aliphatic rings. The molecule has 1 saturated heterocycles. The molecular weight excluding hydrogens is 444 g/mol. The van der Waals surface area contributed by atoms with Crippen LogP contribution in [0, 0.1) is 18.6 Å². The van der Waals surface area contributed by atoms with Gasteiger partial charge in [-0.05, 0) is 55.7 Å². The van der Waals surface area contributed by atoms with Crippen LogP contribution in [0.25, 0.3) is 5.69 Å². The number of aryl methyl sites for hydroxylation is 1. The Labute approximate surface area is 193 Å². The van der Waals surface area contributed by atoms with Crippen LogP contribution in [0.15, 0.2) is 36.4 Å². The van der Waals surface area contributed by atoms with E-state index in [2.05, 4.69) is 5.10 Å². The van der Waals surface area contributed by atoms with Crippen molar-refractivity contribution in [1.82, 2.24) is 9.78 Å². The summed E-state index contributed by atoms with van der Waals surface area (Å²) in [5.74, 6) is -3.33. The summed E-state index contributed by atoms with van der Waals surface area (Å²) < 4.78 is 28.5. The van der Waals surface area contributed by atoms with Crippen molar-refractivity contribution in [3.8, 4) is 5.69 Å². The van der Waals surface area contributed by atoms with Crippen LogP contribution in [0.1, 0.15) is 44.9 Å². The zero-order chi connectivity index (χ0) is 24.1. The Morgan fingerprint density at radius 3 is 2.38 bits per heavy atom. The first-order valence-corrected chi connectivity index (χ1v) is 10.9. The Morgan fingerprint density at radius 2 is 1.74 bits per heavy atom. The highest BCUT2D eigenvalue weighted by molar-refractivity contribution is 6.09. The van der Waals surface area contributed by atoms with Crippen LogP contribution < -0.4 is 15.5 Å². The molecular formula is C24H21F2N5O3. The van der Waals surface area contributed by atoms with Gasteiger partial charge in [0.05, 0.1) is 5.69 Å². The molecule has 174 valence electrons. The summed E-state index contributed by atoms with van der Waals surface area (Å²) in [6, 6.07) is 8.52. The number of primary amides is 1. The van der Waals surface area contributed by atoms with E-state index in [1.165, 1.54) is 11.0 Å². The number of anilines is 2. The van der Waals surface area contributed by atoms with E-state index in [4.69, 9.17) is 5.73 Å². The standard InChI is InChI=1S/C24H21F2N5O3/c1-13-11-14(5-7-19(13)30-9-2-3-20(30)32)29-10-8-16-21(23(27)33)28-31(22(16)24(29)34)15-4-6-17(25)18(26)12-15/h4-7,11-12H,2-3,8-10H2,1H3,(H2,27,33). The fraction of sp³-hybridized carbons (Fsp3) is 0.250. The van der Waals surface area contributed by atoms with Crippen molar-refractivity contribution in [3.63, 3.8) is 0 Å². The molecule has 0 unspecified atom stereocenters. The summed E-state index contributed by atoms with van der Waals surface area (Å²) in [5, 5.41) is 4.16. The van der Waals surface area contributed by atoms with E-state index in [1.54, 1.807) is 11.0 Å². The van der Waals surface area contributed by atoms with Crippen LogP contribution >= 0.6 is 0 Å². The van der Waals surface area contributed by atoms with Crippen molar-refractivity contribution in [2.75, 3.05) is 22.9 Å². The molecule has 0 radical (unpaired) electrons. The largest absolute Gasteiger partial charge is 0.364 e. The van der Waals surface area contributed by atoms with Crippen molar-refractivity contribution in [3.05, 3.63) is 70.5 Å². The SMILES string of the molecule is Cc1cc(N2CCc3c(C(N)=O)nn(-c4ccc(F)c(F)c4)c3C2=O)ccc1N1CCCC1=O. The minimum absolute atomic E-state index is 0.0718. The highest BCUT2D eigenvalue weighted by Gasteiger charge is 2.35. The maximum absolute atomic E-state index is 13.9. The Balaban J connectivity index is 1.56. The third kappa shape index (κ3) is 3.42. The van der Waals surface area contributed by atoms with E-state index in [0.717, 1.165) is 34.5 Å². The molecule has 2 N–H and O–H groups in total. The van der Waals surface area contributed by atoms with Crippen LogP contribution in [-0.4, -0.2) is 40.6 Å². The Kier molecular flexibility index (Phi) is 5.15. The van der Waals surface area contributed by atoms with Gasteiger partial charge in [-0.2, -0.15) is 5.10 Å². The van der Waals surface area contributed by atoms with Gasteiger partial charge in [0.1, 0.15) is 5.69 Å². The van der Waals surface area contributed by atoms with E-state index in [0.29, 0.717) is 30.6 Å². The molecule has 8 nitrogen and oxygen atoms in total. The number of carbonyl (C=O) groups is 3. The van der Waals surface area contributed by atoms with E-state index < -0.39 is 23.4 Å². The van der Waals surface area contributed by atoms with Gasteiger partial charge in [0.15, 0.2) is 17.3 Å². The van der Waals surface area contributed by atoms with Gasteiger partial charge in [-0.3, -0.25) is 14.4 Å². The van der Waals surface area contributed by atoms with Gasteiger partial charge in [-0.25, -0.2) is 13.5 Å². The summed E-state index contributed by atoms with van der Waals surface area (Å²) in [5.41, 5.74) is 8.20. The lowest BCUT2D eigenvalue weighted by atomic mass is 10.0. The van der Waals surface area contributed by atoms with E-state index in [1.807, 2.05) is 19.1 Å². The van der Waals surface area contributed by atoms with E-state index >= 15 is 0 Å². The lowest BCUT2D eigenvalue weighted by Gasteiger charge is -2.29. The number of benzene rings is 2. The normalized spacial score (nSPS) is 15.7. The second-order valence-corrected chi connectivity index (χ2v) is 8.38. The molecule has 34 heavy (non-hydrogen) atoms. The van der Waals surface area contributed by atoms with Crippen LogP contribution in [0.4, 0.5) is 20.2 Å². The highest BCUT2D eigenvalue weighted by Crippen LogP contribution is 2.33. The van der Waals surface area contributed by atoms with Crippen molar-refractivity contribution >= 4 is 29.1 Å². The molecule has 0 aliphatic carbocycles. The number of aromatic nitrogens is 2. The third-order valence-electron chi connectivity index (χ3n) is 6.25. The molecule has 0 spiro atoms. The fourth-order valence-electron chi connectivity index (χ4n) is 4.62. The lowest BCUT2D eigenvalue weighted by Crippen LogP contribution is -2.39. The molecule has 5 rings (SSSR count). The second-order valence-electron chi connectivity index (χ2n) is 8.38. The Hall–Kier alpha value is -4.08. The zero-order valence-electron chi connectivity index (χ0n) is 18.3. The van der Waals surface area contributed by atoms with Gasteiger partial charge in [0.25, 0.3) is 11.8 Å². The fourth-order valence-corrected chi connectivity index (χ4v) is 4.62. The van der Waals surface area contributed by atoms with Gasteiger partial charge in [0.2, 0.25) is 5.91 Å². The number of fused-ring (bicyclic) bond motifs is 1. The van der Waals surface area contributed by atoms with Crippen molar-refractivity contribution in [2.24, 2.45) is 5.73 Å². The molecule has 3 aromatic rings. The highest BCUT2D eigenvalue weighted by atomic mass is 19.2. The molecule has 3 heterocycles. The van der Waals surface area contributed by atoms with Gasteiger partial charge in [0, 0.05) is 42.5 Å². The number of halogens is 2. The lowest BCUT2D eigenvalue weighted by molar-refractivity contribution is -0.117. The summed E-state index contributed by atoms with van der Waals surface area (Å²) >= 11 is 0. The van der Waals surface area contributed by atoms with Crippen LogP contribution in [0.2, 0.25) is 0 Å². The van der Waals surface area contributed by atoms with Gasteiger partial charge in [-0.1, -0.05) is 0 Å². The Morgan fingerprint density at radius 1 is 0.971 bits per heavy atom. The molecule has 3 amide bonds. The monoisotopic (exact) mass is 465 g/mol. The summed E-state index contributed by atoms with van der Waals surface area (Å²) in [6.45, 7) is 2.81. The number of rotatable bonds is 4. The van der Waals surface area contributed by atoms with Crippen molar-refractivity contribution in [1.29, 1.82) is 0 Å². The predicted octanol–water partition coefficient (Wildman–Crippen LogP) is 2.89. The van der Waals surface area contributed by atoms with E-state index in [-0.39, 0.29) is 29.5 Å². The number of nitrogens with two attached hydrogens (primary N) is 1. The molecule has 0 saturated carbocycles. The minimum Gasteiger partial charge on any atom is -0.364 e. The average molecular weight is 465 g/mol. The van der Waals surface area contributed by atoms with Crippen LogP contribution in [-0.2, 0) is 11.2 Å².